The number of carbonyl (C=O) groups excluding carboxylic acids is 1. The number of hydrogen-bond acceptors (Lipinski definition) is 3. The van der Waals surface area contributed by atoms with E-state index in [9.17, 15) is 4.79 Å². The van der Waals surface area contributed by atoms with Crippen LogP contribution in [0.5, 0.6) is 0 Å². The van der Waals surface area contributed by atoms with Crippen LogP contribution in [0.3, 0.4) is 0 Å². The molecule has 0 aliphatic carbocycles. The maximum Gasteiger partial charge on any atom is 0.234 e. The summed E-state index contributed by atoms with van der Waals surface area (Å²) >= 11 is 0. The Bertz CT molecular complexity index is 269. The molecule has 1 aliphatic rings. The van der Waals surface area contributed by atoms with Gasteiger partial charge >= 0.3 is 0 Å². The van der Waals surface area contributed by atoms with Gasteiger partial charge in [-0.1, -0.05) is 6.08 Å². The molecule has 4 heteroatoms. The van der Waals surface area contributed by atoms with Crippen LogP contribution < -0.4 is 5.32 Å². The lowest BCUT2D eigenvalue weighted by molar-refractivity contribution is -0.122. The van der Waals surface area contributed by atoms with Crippen molar-refractivity contribution in [2.24, 2.45) is 0 Å². The van der Waals surface area contributed by atoms with E-state index in [0.29, 0.717) is 13.1 Å². The maximum absolute atomic E-state index is 11.4. The van der Waals surface area contributed by atoms with Crippen molar-refractivity contribution in [3.05, 3.63) is 12.7 Å². The molecule has 0 radical (unpaired) electrons. The van der Waals surface area contributed by atoms with Gasteiger partial charge in [0, 0.05) is 6.54 Å². The highest BCUT2D eigenvalue weighted by Crippen LogP contribution is 2.15. The Morgan fingerprint density at radius 1 is 1.67 bits per heavy atom. The lowest BCUT2D eigenvalue weighted by atomic mass is 10.0. The molecule has 82 valence electrons. The van der Waals surface area contributed by atoms with Crippen LogP contribution >= 0.6 is 0 Å². The van der Waals surface area contributed by atoms with Crippen molar-refractivity contribution in [2.45, 2.75) is 25.3 Å². The fourth-order valence-corrected chi connectivity index (χ4v) is 1.75. The van der Waals surface area contributed by atoms with Gasteiger partial charge in [-0.15, -0.1) is 6.58 Å². The van der Waals surface area contributed by atoms with E-state index in [4.69, 9.17) is 5.26 Å². The molecular formula is C11H17N3O. The SMILES string of the molecule is C=CCNC(=O)CN1CCCCC1C#N. The first-order valence-corrected chi connectivity index (χ1v) is 5.29. The minimum atomic E-state index is -0.0896. The average Bonchev–Trinajstić information content (AvgIpc) is 2.27. The Morgan fingerprint density at radius 2 is 2.47 bits per heavy atom. The maximum atomic E-state index is 11.4. The molecule has 1 rings (SSSR count). The number of rotatable bonds is 4. The summed E-state index contributed by atoms with van der Waals surface area (Å²) in [5.41, 5.74) is 0. The predicted octanol–water partition coefficient (Wildman–Crippen LogP) is 0.667. The van der Waals surface area contributed by atoms with Gasteiger partial charge in [-0.2, -0.15) is 5.26 Å². The van der Waals surface area contributed by atoms with Crippen LogP contribution in [-0.4, -0.2) is 36.5 Å². The summed E-state index contributed by atoms with van der Waals surface area (Å²) in [5, 5.41) is 11.6. The standard InChI is InChI=1S/C11H17N3O/c1-2-6-13-11(15)9-14-7-4-3-5-10(14)8-12/h2,10H,1,3-7,9H2,(H,13,15). The average molecular weight is 207 g/mol. The molecule has 0 aromatic heterocycles. The van der Waals surface area contributed by atoms with Crippen molar-refractivity contribution in [3.63, 3.8) is 0 Å². The van der Waals surface area contributed by atoms with Gasteiger partial charge in [0.25, 0.3) is 0 Å². The third-order valence-electron chi connectivity index (χ3n) is 2.55. The van der Waals surface area contributed by atoms with Gasteiger partial charge in [-0.25, -0.2) is 0 Å². The minimum absolute atomic E-state index is 0.0305. The second kappa shape index (κ2) is 6.20. The zero-order valence-electron chi connectivity index (χ0n) is 8.91. The van der Waals surface area contributed by atoms with Crippen molar-refractivity contribution in [1.82, 2.24) is 10.2 Å². The third-order valence-corrected chi connectivity index (χ3v) is 2.55. The fourth-order valence-electron chi connectivity index (χ4n) is 1.75. The molecule has 0 spiro atoms. The van der Waals surface area contributed by atoms with Crippen molar-refractivity contribution < 1.29 is 4.79 Å². The summed E-state index contributed by atoms with van der Waals surface area (Å²) in [7, 11) is 0. The van der Waals surface area contributed by atoms with Crippen LogP contribution in [0.2, 0.25) is 0 Å². The Morgan fingerprint density at radius 3 is 3.13 bits per heavy atom. The Labute approximate surface area is 90.6 Å². The number of amides is 1. The molecule has 1 fully saturated rings. The van der Waals surface area contributed by atoms with E-state index in [2.05, 4.69) is 18.0 Å². The molecule has 0 bridgehead atoms. The third kappa shape index (κ3) is 3.72. The van der Waals surface area contributed by atoms with Crippen LogP contribution in [0.1, 0.15) is 19.3 Å². The minimum Gasteiger partial charge on any atom is -0.352 e. The number of nitrogens with zero attached hydrogens (tertiary/aromatic N) is 2. The summed E-state index contributed by atoms with van der Waals surface area (Å²) in [4.78, 5) is 13.4. The van der Waals surface area contributed by atoms with Gasteiger partial charge in [0.2, 0.25) is 5.91 Å². The van der Waals surface area contributed by atoms with Gasteiger partial charge < -0.3 is 5.32 Å². The molecule has 0 saturated carbocycles. The Hall–Kier alpha value is -1.34. The Kier molecular flexibility index (Phi) is 4.85. The first-order chi connectivity index (χ1) is 7.27. The highest BCUT2D eigenvalue weighted by molar-refractivity contribution is 5.78. The molecule has 1 heterocycles. The number of nitrogens with one attached hydrogen (secondary N) is 1. The summed E-state index contributed by atoms with van der Waals surface area (Å²) in [6.45, 7) is 5.19. The van der Waals surface area contributed by atoms with Crippen LogP contribution in [0.25, 0.3) is 0 Å². The van der Waals surface area contributed by atoms with E-state index in [1.807, 2.05) is 4.90 Å². The predicted molar refractivity (Wildman–Crippen MR) is 58.0 cm³/mol. The highest BCUT2D eigenvalue weighted by atomic mass is 16.2. The molecular weight excluding hydrogens is 190 g/mol. The van der Waals surface area contributed by atoms with E-state index in [-0.39, 0.29) is 11.9 Å². The normalized spacial score (nSPS) is 21.7. The van der Waals surface area contributed by atoms with Gasteiger partial charge in [-0.05, 0) is 25.8 Å². The number of carbonyl (C=O) groups is 1. The first-order valence-electron chi connectivity index (χ1n) is 5.29. The van der Waals surface area contributed by atoms with Gasteiger partial charge in [-0.3, -0.25) is 9.69 Å². The van der Waals surface area contributed by atoms with Crippen LogP contribution in [-0.2, 0) is 4.79 Å². The summed E-state index contributed by atoms with van der Waals surface area (Å²) < 4.78 is 0. The van der Waals surface area contributed by atoms with Crippen LogP contribution in [0.4, 0.5) is 0 Å². The molecule has 0 aromatic rings. The number of piperidine rings is 1. The zero-order valence-corrected chi connectivity index (χ0v) is 8.91. The van der Waals surface area contributed by atoms with Crippen molar-refractivity contribution in [3.8, 4) is 6.07 Å². The van der Waals surface area contributed by atoms with Crippen LogP contribution in [0, 0.1) is 11.3 Å². The smallest absolute Gasteiger partial charge is 0.234 e. The van der Waals surface area contributed by atoms with Crippen molar-refractivity contribution in [2.75, 3.05) is 19.6 Å². The molecule has 15 heavy (non-hydrogen) atoms. The molecule has 1 aliphatic heterocycles. The molecule has 1 saturated heterocycles. The molecule has 1 N–H and O–H groups in total. The molecule has 0 aromatic carbocycles. The van der Waals surface area contributed by atoms with E-state index >= 15 is 0 Å². The number of likely N-dealkylation sites (tertiary alicyclic amines) is 1. The molecule has 1 unspecified atom stereocenters. The second-order valence-electron chi connectivity index (χ2n) is 3.70. The number of hydrogen-bond donors (Lipinski definition) is 1. The molecule has 1 atom stereocenters. The topological polar surface area (TPSA) is 56.1 Å². The number of nitriles is 1. The van der Waals surface area contributed by atoms with Gasteiger partial charge in [0.1, 0.15) is 0 Å². The monoisotopic (exact) mass is 207 g/mol. The summed E-state index contributed by atoms with van der Waals surface area (Å²) in [5.74, 6) is -0.0305. The van der Waals surface area contributed by atoms with Gasteiger partial charge in [0.05, 0.1) is 18.7 Å². The van der Waals surface area contributed by atoms with E-state index < -0.39 is 0 Å². The lowest BCUT2D eigenvalue weighted by Gasteiger charge is -2.30. The van der Waals surface area contributed by atoms with Crippen molar-refractivity contribution >= 4 is 5.91 Å². The Balaban J connectivity index is 2.38. The first kappa shape index (κ1) is 11.7. The second-order valence-corrected chi connectivity index (χ2v) is 3.70. The lowest BCUT2D eigenvalue weighted by Crippen LogP contribution is -2.45. The van der Waals surface area contributed by atoms with Crippen LogP contribution in [0.15, 0.2) is 12.7 Å². The quantitative estimate of drug-likeness (QED) is 0.689. The summed E-state index contributed by atoms with van der Waals surface area (Å²) in [6, 6.07) is 2.15. The van der Waals surface area contributed by atoms with Crippen molar-refractivity contribution in [1.29, 1.82) is 5.26 Å². The summed E-state index contributed by atoms with van der Waals surface area (Å²) in [6.07, 6.45) is 4.69. The fraction of sp³-hybridized carbons (Fsp3) is 0.636. The van der Waals surface area contributed by atoms with E-state index in [1.165, 1.54) is 0 Å². The molecule has 1 amide bonds. The largest absolute Gasteiger partial charge is 0.352 e. The highest BCUT2D eigenvalue weighted by Gasteiger charge is 2.23. The van der Waals surface area contributed by atoms with E-state index in [0.717, 1.165) is 25.8 Å². The van der Waals surface area contributed by atoms with E-state index in [1.54, 1.807) is 6.08 Å². The molecule has 4 nitrogen and oxygen atoms in total. The zero-order chi connectivity index (χ0) is 11.1. The van der Waals surface area contributed by atoms with Gasteiger partial charge in [0.15, 0.2) is 0 Å².